The van der Waals surface area contributed by atoms with Gasteiger partial charge in [0.15, 0.2) is 5.78 Å². The van der Waals surface area contributed by atoms with E-state index in [1.54, 1.807) is 20.9 Å². The van der Waals surface area contributed by atoms with E-state index in [-0.39, 0.29) is 35.0 Å². The van der Waals surface area contributed by atoms with Gasteiger partial charge in [-0.05, 0) is 52.0 Å². The SMILES string of the molecule is CNC/C(C(=O)N(CC(=O)c1c(OC)cnc(C)c1Cl)CC(C)(C)C)=C(\NC1CCC(C)(C(=O)O)CC1)C(F)F. The number of halogens is 3. The fraction of sp³-hybridized carbons (Fsp3) is 0.643. The molecule has 40 heavy (non-hydrogen) atoms. The number of allylic oxidation sites excluding steroid dienone is 1. The van der Waals surface area contributed by atoms with Crippen LogP contribution in [0.1, 0.15) is 69.4 Å². The number of alkyl halides is 2. The summed E-state index contributed by atoms with van der Waals surface area (Å²) in [6.07, 6.45) is -0.248. The monoisotopic (exact) mass is 586 g/mol. The summed E-state index contributed by atoms with van der Waals surface area (Å²) < 4.78 is 34.2. The highest BCUT2D eigenvalue weighted by molar-refractivity contribution is 6.35. The molecule has 1 amide bonds. The van der Waals surface area contributed by atoms with Crippen molar-refractivity contribution in [3.8, 4) is 5.75 Å². The number of carbonyl (C=O) groups excluding carboxylic acids is 2. The molecule has 1 aromatic rings. The Labute approximate surface area is 239 Å². The largest absolute Gasteiger partial charge is 0.494 e. The van der Waals surface area contributed by atoms with Crippen molar-refractivity contribution in [2.45, 2.75) is 72.8 Å². The second-order valence-corrected chi connectivity index (χ2v) is 12.1. The summed E-state index contributed by atoms with van der Waals surface area (Å²) >= 11 is 6.39. The number of nitrogens with one attached hydrogen (secondary N) is 2. The highest BCUT2D eigenvalue weighted by Crippen LogP contribution is 2.37. The normalized spacial score (nSPS) is 20.1. The molecule has 0 aromatic carbocycles. The number of aryl methyl sites for hydroxylation is 1. The first-order valence-electron chi connectivity index (χ1n) is 13.2. The number of hydrogen-bond acceptors (Lipinski definition) is 7. The maximum atomic E-state index is 14.5. The number of methoxy groups -OCH3 is 1. The lowest BCUT2D eigenvalue weighted by atomic mass is 9.74. The molecule has 0 atom stereocenters. The topological polar surface area (TPSA) is 121 Å². The van der Waals surface area contributed by atoms with Gasteiger partial charge in [-0.1, -0.05) is 32.4 Å². The molecule has 1 aliphatic rings. The number of ether oxygens (including phenoxy) is 1. The summed E-state index contributed by atoms with van der Waals surface area (Å²) in [6.45, 7) is 8.42. The molecule has 0 aliphatic heterocycles. The summed E-state index contributed by atoms with van der Waals surface area (Å²) in [5.74, 6) is -1.99. The highest BCUT2D eigenvalue weighted by Gasteiger charge is 2.39. The van der Waals surface area contributed by atoms with E-state index >= 15 is 0 Å². The minimum atomic E-state index is -3.00. The molecule has 3 N–H and O–H groups in total. The number of nitrogens with zero attached hydrogens (tertiary/aromatic N) is 2. The van der Waals surface area contributed by atoms with Crippen molar-refractivity contribution in [3.63, 3.8) is 0 Å². The number of aliphatic carboxylic acids is 1. The Morgan fingerprint density at radius 2 is 1.88 bits per heavy atom. The maximum Gasteiger partial charge on any atom is 0.309 e. The molecule has 0 spiro atoms. The first-order valence-corrected chi connectivity index (χ1v) is 13.6. The van der Waals surface area contributed by atoms with E-state index in [1.165, 1.54) is 18.2 Å². The molecule has 0 saturated heterocycles. The number of ketones is 1. The van der Waals surface area contributed by atoms with Gasteiger partial charge >= 0.3 is 5.97 Å². The van der Waals surface area contributed by atoms with E-state index in [1.807, 2.05) is 20.8 Å². The van der Waals surface area contributed by atoms with Crippen LogP contribution in [0.25, 0.3) is 0 Å². The van der Waals surface area contributed by atoms with Crippen molar-refractivity contribution in [1.82, 2.24) is 20.5 Å². The Bertz CT molecular complexity index is 1130. The minimum Gasteiger partial charge on any atom is -0.494 e. The van der Waals surface area contributed by atoms with Crippen LogP contribution in [-0.2, 0) is 9.59 Å². The second kappa shape index (κ2) is 13.7. The lowest BCUT2D eigenvalue weighted by Crippen LogP contribution is -2.46. The third-order valence-electron chi connectivity index (χ3n) is 7.06. The van der Waals surface area contributed by atoms with Gasteiger partial charge in [0.05, 0.1) is 52.8 Å². The third-order valence-corrected chi connectivity index (χ3v) is 7.53. The standard InChI is InChI=1S/C28H41ClF2N4O5/c1-16-22(29)21(20(40-7)13-33-16)19(36)14-35(15-27(2,3)4)25(37)18(12-32-6)23(24(30)31)34-17-8-10-28(5,11-9-17)26(38)39/h13,17,24,32,34H,8-12,14-15H2,1-7H3,(H,38,39)/b23-18+. The zero-order valence-corrected chi connectivity index (χ0v) is 25.0. The molecule has 1 saturated carbocycles. The number of rotatable bonds is 12. The van der Waals surface area contributed by atoms with E-state index in [0.717, 1.165) is 0 Å². The Kier molecular flexibility index (Phi) is 11.5. The number of carboxylic acids is 1. The van der Waals surface area contributed by atoms with Crippen LogP contribution >= 0.6 is 11.6 Å². The minimum absolute atomic E-state index is 0.0680. The smallest absolute Gasteiger partial charge is 0.309 e. The average molecular weight is 587 g/mol. The van der Waals surface area contributed by atoms with Gasteiger partial charge < -0.3 is 25.4 Å². The van der Waals surface area contributed by atoms with E-state index < -0.39 is 53.2 Å². The number of likely N-dealkylation sites (N-methyl/N-ethyl adjacent to an activating group) is 1. The van der Waals surface area contributed by atoms with Gasteiger partial charge in [0, 0.05) is 19.1 Å². The lowest BCUT2D eigenvalue weighted by molar-refractivity contribution is -0.150. The Hall–Kier alpha value is -2.79. The summed E-state index contributed by atoms with van der Waals surface area (Å²) in [7, 11) is 2.91. The van der Waals surface area contributed by atoms with Crippen molar-refractivity contribution in [2.24, 2.45) is 10.8 Å². The van der Waals surface area contributed by atoms with Gasteiger partial charge in [0.25, 0.3) is 12.3 Å². The van der Waals surface area contributed by atoms with Gasteiger partial charge in [-0.3, -0.25) is 19.4 Å². The fourth-order valence-corrected chi connectivity index (χ4v) is 5.02. The van der Waals surface area contributed by atoms with Crippen LogP contribution in [0.3, 0.4) is 0 Å². The van der Waals surface area contributed by atoms with Gasteiger partial charge in [-0.15, -0.1) is 0 Å². The molecule has 2 rings (SSSR count). The Balaban J connectivity index is 2.47. The van der Waals surface area contributed by atoms with E-state index in [4.69, 9.17) is 16.3 Å². The molecule has 1 aromatic heterocycles. The quantitative estimate of drug-likeness (QED) is 0.242. The molecule has 224 valence electrons. The van der Waals surface area contributed by atoms with Gasteiger partial charge in [-0.25, -0.2) is 8.78 Å². The molecule has 0 radical (unpaired) electrons. The van der Waals surface area contributed by atoms with Crippen LogP contribution in [0.4, 0.5) is 8.78 Å². The first kappa shape index (κ1) is 33.4. The van der Waals surface area contributed by atoms with E-state index in [2.05, 4.69) is 15.6 Å². The Morgan fingerprint density at radius 1 is 1.27 bits per heavy atom. The first-order chi connectivity index (χ1) is 18.5. The highest BCUT2D eigenvalue weighted by atomic mass is 35.5. The number of amides is 1. The molecule has 9 nitrogen and oxygen atoms in total. The average Bonchev–Trinajstić information content (AvgIpc) is 2.86. The summed E-state index contributed by atoms with van der Waals surface area (Å²) in [5, 5.41) is 15.2. The van der Waals surface area contributed by atoms with Crippen LogP contribution in [0.5, 0.6) is 5.75 Å². The van der Waals surface area contributed by atoms with Gasteiger partial charge in [-0.2, -0.15) is 0 Å². The predicted molar refractivity (Wildman–Crippen MR) is 149 cm³/mol. The summed E-state index contributed by atoms with van der Waals surface area (Å²) in [4.78, 5) is 44.4. The molecule has 1 aliphatic carbocycles. The van der Waals surface area contributed by atoms with Crippen molar-refractivity contribution in [3.05, 3.63) is 33.7 Å². The van der Waals surface area contributed by atoms with Crippen molar-refractivity contribution in [1.29, 1.82) is 0 Å². The predicted octanol–water partition coefficient (Wildman–Crippen LogP) is 4.47. The zero-order chi connectivity index (χ0) is 30.4. The molecule has 0 bridgehead atoms. The zero-order valence-electron chi connectivity index (χ0n) is 24.3. The Morgan fingerprint density at radius 3 is 2.35 bits per heavy atom. The van der Waals surface area contributed by atoms with Crippen molar-refractivity contribution < 1.29 is 33.0 Å². The number of carbonyl (C=O) groups is 3. The summed E-state index contributed by atoms with van der Waals surface area (Å²) in [5.41, 5.74) is -1.61. The second-order valence-electron chi connectivity index (χ2n) is 11.8. The third kappa shape index (κ3) is 8.36. The van der Waals surface area contributed by atoms with Crippen LogP contribution in [0, 0.1) is 17.8 Å². The summed E-state index contributed by atoms with van der Waals surface area (Å²) in [6, 6.07) is -0.420. The van der Waals surface area contributed by atoms with Crippen molar-refractivity contribution >= 4 is 29.3 Å². The fourth-order valence-electron chi connectivity index (χ4n) is 4.77. The number of pyridine rings is 1. The molecule has 12 heteroatoms. The molecule has 1 heterocycles. The van der Waals surface area contributed by atoms with E-state index in [0.29, 0.717) is 31.4 Å². The number of aromatic nitrogens is 1. The van der Waals surface area contributed by atoms with Crippen LogP contribution in [0.2, 0.25) is 5.02 Å². The maximum absolute atomic E-state index is 14.5. The van der Waals surface area contributed by atoms with Crippen LogP contribution < -0.4 is 15.4 Å². The van der Waals surface area contributed by atoms with E-state index in [9.17, 15) is 28.3 Å². The van der Waals surface area contributed by atoms with Crippen LogP contribution in [0.15, 0.2) is 17.5 Å². The van der Waals surface area contributed by atoms with Gasteiger partial charge in [0.2, 0.25) is 0 Å². The van der Waals surface area contributed by atoms with Gasteiger partial charge in [0.1, 0.15) is 5.75 Å². The molecule has 0 unspecified atom stereocenters. The number of Topliss-reactive ketones (excluding diaryl/α,β-unsaturated/α-hetero) is 1. The number of hydrogen-bond donors (Lipinski definition) is 3. The molecular formula is C28H41ClF2N4O5. The van der Waals surface area contributed by atoms with Crippen LogP contribution in [-0.4, -0.2) is 78.9 Å². The molecule has 1 fully saturated rings. The number of carboxylic acid groups (broad SMARTS) is 1. The van der Waals surface area contributed by atoms with Crippen molar-refractivity contribution in [2.75, 3.05) is 33.8 Å². The lowest BCUT2D eigenvalue weighted by Gasteiger charge is -2.36. The molecular weight excluding hydrogens is 546 g/mol.